The fourth-order valence-corrected chi connectivity index (χ4v) is 2.46. The first-order valence-electron chi connectivity index (χ1n) is 5.09. The highest BCUT2D eigenvalue weighted by molar-refractivity contribution is 9.10. The lowest BCUT2D eigenvalue weighted by Crippen LogP contribution is -1.92. The average Bonchev–Trinajstić information content (AvgIpc) is 2.33. The van der Waals surface area contributed by atoms with E-state index in [4.69, 9.17) is 0 Å². The number of rotatable bonds is 3. The van der Waals surface area contributed by atoms with Gasteiger partial charge in [0.2, 0.25) is 0 Å². The van der Waals surface area contributed by atoms with Crippen molar-refractivity contribution in [2.75, 3.05) is 0 Å². The number of pyridine rings is 2. The average molecular weight is 311 g/mol. The summed E-state index contributed by atoms with van der Waals surface area (Å²) in [6.45, 7) is 1.72. The number of halogens is 1. The summed E-state index contributed by atoms with van der Waals surface area (Å²) in [7, 11) is 0. The van der Waals surface area contributed by atoms with Crippen molar-refractivity contribution in [3.63, 3.8) is 0 Å². The Hall–Kier alpha value is -0.910. The lowest BCUT2D eigenvalue weighted by Gasteiger charge is -2.05. The highest BCUT2D eigenvalue weighted by Crippen LogP contribution is 2.30. The third kappa shape index (κ3) is 3.28. The largest absolute Gasteiger partial charge is 0.389 e. The molecule has 2 rings (SSSR count). The van der Waals surface area contributed by atoms with E-state index in [-0.39, 0.29) is 0 Å². The lowest BCUT2D eigenvalue weighted by atomic mass is 10.2. The maximum absolute atomic E-state index is 9.38. The van der Waals surface area contributed by atoms with Gasteiger partial charge >= 0.3 is 0 Å². The van der Waals surface area contributed by atoms with Crippen molar-refractivity contribution in [2.45, 2.75) is 23.1 Å². The van der Waals surface area contributed by atoms with Gasteiger partial charge in [-0.2, -0.15) is 0 Å². The molecule has 0 aromatic carbocycles. The molecule has 3 nitrogen and oxygen atoms in total. The van der Waals surface area contributed by atoms with E-state index in [2.05, 4.69) is 25.9 Å². The van der Waals surface area contributed by atoms with Crippen LogP contribution in [0.4, 0.5) is 0 Å². The SMILES string of the molecule is CC(O)c1ccc(Sc2ncccc2Br)nc1. The molecule has 0 amide bonds. The molecule has 0 aliphatic rings. The summed E-state index contributed by atoms with van der Waals surface area (Å²) in [5.74, 6) is 0. The van der Waals surface area contributed by atoms with Gasteiger partial charge in [-0.1, -0.05) is 6.07 Å². The molecule has 5 heteroatoms. The number of aliphatic hydroxyl groups excluding tert-OH is 1. The van der Waals surface area contributed by atoms with Crippen LogP contribution in [0.5, 0.6) is 0 Å². The molecule has 1 unspecified atom stereocenters. The first-order valence-corrected chi connectivity index (χ1v) is 6.70. The molecule has 0 radical (unpaired) electrons. The molecule has 2 heterocycles. The molecule has 2 aromatic heterocycles. The quantitative estimate of drug-likeness (QED) is 0.943. The fraction of sp³-hybridized carbons (Fsp3) is 0.167. The molecule has 1 atom stereocenters. The van der Waals surface area contributed by atoms with E-state index < -0.39 is 6.10 Å². The van der Waals surface area contributed by atoms with Crippen LogP contribution in [0, 0.1) is 0 Å². The Morgan fingerprint density at radius 1 is 1.29 bits per heavy atom. The molecule has 0 aliphatic carbocycles. The Kier molecular flexibility index (Phi) is 4.15. The molecule has 0 bridgehead atoms. The summed E-state index contributed by atoms with van der Waals surface area (Å²) in [5.41, 5.74) is 0.814. The molecule has 0 saturated heterocycles. The maximum Gasteiger partial charge on any atom is 0.116 e. The van der Waals surface area contributed by atoms with Gasteiger partial charge in [0.1, 0.15) is 10.1 Å². The van der Waals surface area contributed by atoms with Crippen molar-refractivity contribution < 1.29 is 5.11 Å². The van der Waals surface area contributed by atoms with Gasteiger partial charge in [0.25, 0.3) is 0 Å². The zero-order valence-electron chi connectivity index (χ0n) is 9.17. The Balaban J connectivity index is 2.17. The monoisotopic (exact) mass is 310 g/mol. The van der Waals surface area contributed by atoms with Crippen molar-refractivity contribution in [2.24, 2.45) is 0 Å². The van der Waals surface area contributed by atoms with Gasteiger partial charge in [-0.15, -0.1) is 0 Å². The minimum atomic E-state index is -0.483. The Labute approximate surface area is 112 Å². The van der Waals surface area contributed by atoms with E-state index in [0.29, 0.717) is 0 Å². The zero-order valence-corrected chi connectivity index (χ0v) is 11.6. The van der Waals surface area contributed by atoms with Crippen molar-refractivity contribution in [3.05, 3.63) is 46.7 Å². The second kappa shape index (κ2) is 5.62. The van der Waals surface area contributed by atoms with Crippen LogP contribution in [0.1, 0.15) is 18.6 Å². The summed E-state index contributed by atoms with van der Waals surface area (Å²) in [6.07, 6.45) is 2.95. The first-order chi connectivity index (χ1) is 8.16. The van der Waals surface area contributed by atoms with Crippen LogP contribution < -0.4 is 0 Å². The molecular formula is C12H11BrN2OS. The number of hydrogen-bond donors (Lipinski definition) is 1. The molecule has 1 N–H and O–H groups in total. The third-order valence-electron chi connectivity index (χ3n) is 2.17. The van der Waals surface area contributed by atoms with Gasteiger partial charge in [-0.3, -0.25) is 0 Å². The third-order valence-corrected chi connectivity index (χ3v) is 4.04. The number of aromatic nitrogens is 2. The van der Waals surface area contributed by atoms with Crippen molar-refractivity contribution in [1.29, 1.82) is 0 Å². The van der Waals surface area contributed by atoms with Gasteiger partial charge in [0, 0.05) is 12.4 Å². The highest BCUT2D eigenvalue weighted by Gasteiger charge is 2.05. The minimum absolute atomic E-state index is 0.483. The summed E-state index contributed by atoms with van der Waals surface area (Å²) in [5, 5.41) is 11.1. The number of aliphatic hydroxyl groups is 1. The summed E-state index contributed by atoms with van der Waals surface area (Å²) < 4.78 is 0.950. The van der Waals surface area contributed by atoms with Crippen LogP contribution in [0.3, 0.4) is 0 Å². The van der Waals surface area contributed by atoms with Gasteiger partial charge in [-0.25, -0.2) is 9.97 Å². The zero-order chi connectivity index (χ0) is 12.3. The van der Waals surface area contributed by atoms with E-state index in [9.17, 15) is 5.11 Å². The second-order valence-corrected chi connectivity index (χ2v) is 5.36. The summed E-state index contributed by atoms with van der Waals surface area (Å²) in [6, 6.07) is 7.57. The van der Waals surface area contributed by atoms with Crippen LogP contribution in [-0.4, -0.2) is 15.1 Å². The molecule has 2 aromatic rings. The van der Waals surface area contributed by atoms with Crippen LogP contribution in [0.15, 0.2) is 51.2 Å². The highest BCUT2D eigenvalue weighted by atomic mass is 79.9. The topological polar surface area (TPSA) is 46.0 Å². The Morgan fingerprint density at radius 2 is 2.12 bits per heavy atom. The predicted molar refractivity (Wildman–Crippen MR) is 70.9 cm³/mol. The normalized spacial score (nSPS) is 12.4. The standard InChI is InChI=1S/C12H11BrN2OS/c1-8(16)9-4-5-11(15-7-9)17-12-10(13)3-2-6-14-12/h2-8,16H,1H3. The van der Waals surface area contributed by atoms with Gasteiger partial charge in [-0.05, 0) is 58.4 Å². The summed E-state index contributed by atoms with van der Waals surface area (Å²) in [4.78, 5) is 8.54. The van der Waals surface area contributed by atoms with Crippen LogP contribution >= 0.6 is 27.7 Å². The van der Waals surface area contributed by atoms with Crippen molar-refractivity contribution >= 4 is 27.7 Å². The van der Waals surface area contributed by atoms with Crippen LogP contribution in [0.2, 0.25) is 0 Å². The molecule has 88 valence electrons. The van der Waals surface area contributed by atoms with Crippen molar-refractivity contribution in [3.8, 4) is 0 Å². The van der Waals surface area contributed by atoms with E-state index in [1.807, 2.05) is 24.3 Å². The fourth-order valence-electron chi connectivity index (χ4n) is 1.24. The number of hydrogen-bond acceptors (Lipinski definition) is 4. The van der Waals surface area contributed by atoms with E-state index >= 15 is 0 Å². The molecule has 0 saturated carbocycles. The van der Waals surface area contributed by atoms with E-state index in [1.165, 1.54) is 11.8 Å². The van der Waals surface area contributed by atoms with Crippen LogP contribution in [-0.2, 0) is 0 Å². The maximum atomic E-state index is 9.38. The van der Waals surface area contributed by atoms with Crippen molar-refractivity contribution in [1.82, 2.24) is 9.97 Å². The smallest absolute Gasteiger partial charge is 0.116 e. The molecular weight excluding hydrogens is 300 g/mol. The van der Waals surface area contributed by atoms with Gasteiger partial charge < -0.3 is 5.11 Å². The molecule has 0 aliphatic heterocycles. The van der Waals surface area contributed by atoms with E-state index in [0.717, 1.165) is 20.1 Å². The number of nitrogens with zero attached hydrogens (tertiary/aromatic N) is 2. The lowest BCUT2D eigenvalue weighted by molar-refractivity contribution is 0.198. The van der Waals surface area contributed by atoms with E-state index in [1.54, 1.807) is 19.3 Å². The van der Waals surface area contributed by atoms with Crippen LogP contribution in [0.25, 0.3) is 0 Å². The predicted octanol–water partition coefficient (Wildman–Crippen LogP) is 3.44. The Morgan fingerprint density at radius 3 is 2.71 bits per heavy atom. The minimum Gasteiger partial charge on any atom is -0.389 e. The molecule has 0 spiro atoms. The molecule has 17 heavy (non-hydrogen) atoms. The second-order valence-electron chi connectivity index (χ2n) is 3.50. The molecule has 0 fully saturated rings. The first kappa shape index (κ1) is 12.5. The van der Waals surface area contributed by atoms with Gasteiger partial charge in [0.15, 0.2) is 0 Å². The Bertz CT molecular complexity index is 502. The summed E-state index contributed by atoms with van der Waals surface area (Å²) >= 11 is 4.92. The van der Waals surface area contributed by atoms with Gasteiger partial charge in [0.05, 0.1) is 10.6 Å².